The standard InChI is InChI=1S/C16H14BrNO5S/c17-11-6-7-24-14(11)13(19)8-12(15(20)21)18-16(22)23-9-10-4-2-1-3-5-10/h1-7,12H,8-9H2,(H,18,22)(H,20,21). The van der Waals surface area contributed by atoms with E-state index in [-0.39, 0.29) is 18.8 Å². The first-order valence-electron chi connectivity index (χ1n) is 6.93. The normalized spacial score (nSPS) is 11.5. The Morgan fingerprint density at radius 3 is 2.50 bits per heavy atom. The van der Waals surface area contributed by atoms with Crippen LogP contribution in [-0.2, 0) is 16.1 Å². The van der Waals surface area contributed by atoms with Crippen LogP contribution in [0.15, 0.2) is 46.3 Å². The Balaban J connectivity index is 1.91. The molecule has 1 heterocycles. The Bertz CT molecular complexity index is 731. The largest absolute Gasteiger partial charge is 0.480 e. The van der Waals surface area contributed by atoms with Crippen molar-refractivity contribution < 1.29 is 24.2 Å². The molecule has 2 rings (SSSR count). The average molecular weight is 412 g/mol. The van der Waals surface area contributed by atoms with E-state index >= 15 is 0 Å². The van der Waals surface area contributed by atoms with Crippen molar-refractivity contribution in [3.05, 3.63) is 56.7 Å². The van der Waals surface area contributed by atoms with Crippen LogP contribution in [0.5, 0.6) is 0 Å². The number of aliphatic carboxylic acids is 1. The van der Waals surface area contributed by atoms with Gasteiger partial charge in [-0.25, -0.2) is 9.59 Å². The minimum Gasteiger partial charge on any atom is -0.480 e. The average Bonchev–Trinajstić information content (AvgIpc) is 2.99. The lowest BCUT2D eigenvalue weighted by atomic mass is 10.1. The van der Waals surface area contributed by atoms with Crippen LogP contribution >= 0.6 is 27.3 Å². The van der Waals surface area contributed by atoms with E-state index in [4.69, 9.17) is 4.74 Å². The highest BCUT2D eigenvalue weighted by atomic mass is 79.9. The first kappa shape index (κ1) is 18.2. The number of carbonyl (C=O) groups is 3. The summed E-state index contributed by atoms with van der Waals surface area (Å²) in [6.07, 6.45) is -1.24. The fourth-order valence-corrected chi connectivity index (χ4v) is 3.42. The van der Waals surface area contributed by atoms with Gasteiger partial charge < -0.3 is 15.2 Å². The second kappa shape index (κ2) is 8.60. The number of ether oxygens (including phenoxy) is 1. The summed E-state index contributed by atoms with van der Waals surface area (Å²) in [4.78, 5) is 35.6. The fraction of sp³-hybridized carbons (Fsp3) is 0.188. The van der Waals surface area contributed by atoms with E-state index < -0.39 is 18.1 Å². The second-order valence-corrected chi connectivity index (χ2v) is 6.59. The predicted octanol–water partition coefficient (Wildman–Crippen LogP) is 3.46. The number of hydrogen-bond donors (Lipinski definition) is 2. The summed E-state index contributed by atoms with van der Waals surface area (Å²) in [5.74, 6) is -1.67. The van der Waals surface area contributed by atoms with Gasteiger partial charge in [-0.15, -0.1) is 11.3 Å². The molecule has 0 saturated carbocycles. The number of amides is 1. The number of nitrogens with one attached hydrogen (secondary N) is 1. The van der Waals surface area contributed by atoms with Crippen LogP contribution in [-0.4, -0.2) is 29.0 Å². The molecule has 0 fully saturated rings. The smallest absolute Gasteiger partial charge is 0.408 e. The van der Waals surface area contributed by atoms with Gasteiger partial charge in [0.2, 0.25) is 0 Å². The molecule has 6 nitrogen and oxygen atoms in total. The van der Waals surface area contributed by atoms with E-state index in [2.05, 4.69) is 21.2 Å². The summed E-state index contributed by atoms with van der Waals surface area (Å²) in [5, 5.41) is 13.1. The summed E-state index contributed by atoms with van der Waals surface area (Å²) in [5.41, 5.74) is 0.776. The highest BCUT2D eigenvalue weighted by Crippen LogP contribution is 2.24. The molecule has 1 atom stereocenters. The molecule has 0 aliphatic rings. The van der Waals surface area contributed by atoms with Crippen molar-refractivity contribution >= 4 is 45.1 Å². The van der Waals surface area contributed by atoms with Gasteiger partial charge in [-0.3, -0.25) is 4.79 Å². The summed E-state index contributed by atoms with van der Waals surface area (Å²) in [6.45, 7) is 0.0173. The van der Waals surface area contributed by atoms with Crippen molar-refractivity contribution in [1.29, 1.82) is 0 Å². The van der Waals surface area contributed by atoms with E-state index in [9.17, 15) is 19.5 Å². The zero-order valence-corrected chi connectivity index (χ0v) is 14.8. The van der Waals surface area contributed by atoms with E-state index in [0.717, 1.165) is 5.56 Å². The van der Waals surface area contributed by atoms with E-state index in [0.29, 0.717) is 9.35 Å². The van der Waals surface area contributed by atoms with E-state index in [1.807, 2.05) is 6.07 Å². The molecule has 126 valence electrons. The van der Waals surface area contributed by atoms with Gasteiger partial charge in [0.15, 0.2) is 5.78 Å². The Labute approximate surface area is 150 Å². The van der Waals surface area contributed by atoms with E-state index in [1.165, 1.54) is 11.3 Å². The SMILES string of the molecule is O=C(NC(CC(=O)c1sccc1Br)C(=O)O)OCc1ccccc1. The number of ketones is 1. The number of rotatable bonds is 7. The zero-order valence-electron chi connectivity index (χ0n) is 12.4. The van der Waals surface area contributed by atoms with Crippen LogP contribution in [0.1, 0.15) is 21.7 Å². The number of carboxylic acid groups (broad SMARTS) is 1. The lowest BCUT2D eigenvalue weighted by Crippen LogP contribution is -2.42. The van der Waals surface area contributed by atoms with E-state index in [1.54, 1.807) is 35.7 Å². The van der Waals surface area contributed by atoms with Crippen LogP contribution in [0, 0.1) is 0 Å². The van der Waals surface area contributed by atoms with Gasteiger partial charge in [0, 0.05) is 10.9 Å². The van der Waals surface area contributed by atoms with Gasteiger partial charge in [0.1, 0.15) is 12.6 Å². The highest BCUT2D eigenvalue weighted by Gasteiger charge is 2.26. The Morgan fingerprint density at radius 2 is 1.92 bits per heavy atom. The molecule has 1 aromatic heterocycles. The van der Waals surface area contributed by atoms with Crippen LogP contribution in [0.2, 0.25) is 0 Å². The molecule has 2 aromatic rings. The molecule has 0 aliphatic heterocycles. The lowest BCUT2D eigenvalue weighted by molar-refractivity contribution is -0.139. The summed E-state index contributed by atoms with van der Waals surface area (Å²) in [7, 11) is 0. The molecule has 1 amide bonds. The number of thiophene rings is 1. The molecular formula is C16H14BrNO5S. The fourth-order valence-electron chi connectivity index (χ4n) is 1.88. The Morgan fingerprint density at radius 1 is 1.21 bits per heavy atom. The van der Waals surface area contributed by atoms with Gasteiger partial charge in [-0.2, -0.15) is 0 Å². The third-order valence-electron chi connectivity index (χ3n) is 3.06. The van der Waals surface area contributed by atoms with Crippen molar-refractivity contribution in [1.82, 2.24) is 5.32 Å². The number of benzene rings is 1. The molecule has 2 N–H and O–H groups in total. The maximum absolute atomic E-state index is 12.1. The third-order valence-corrected chi connectivity index (χ3v) is 4.94. The topological polar surface area (TPSA) is 92.7 Å². The van der Waals surface area contributed by atoms with Crippen LogP contribution in [0.3, 0.4) is 0 Å². The van der Waals surface area contributed by atoms with Gasteiger partial charge in [0.05, 0.1) is 4.88 Å². The molecule has 1 aromatic carbocycles. The molecule has 24 heavy (non-hydrogen) atoms. The molecule has 0 saturated heterocycles. The maximum atomic E-state index is 12.1. The summed E-state index contributed by atoms with van der Waals surface area (Å²) < 4.78 is 5.58. The van der Waals surface area contributed by atoms with Crippen molar-refractivity contribution in [2.24, 2.45) is 0 Å². The lowest BCUT2D eigenvalue weighted by Gasteiger charge is -2.14. The summed E-state index contributed by atoms with van der Waals surface area (Å²) >= 11 is 4.43. The van der Waals surface area contributed by atoms with Crippen molar-refractivity contribution in [3.63, 3.8) is 0 Å². The van der Waals surface area contributed by atoms with Crippen LogP contribution < -0.4 is 5.32 Å². The van der Waals surface area contributed by atoms with Gasteiger partial charge >= 0.3 is 12.1 Å². The number of Topliss-reactive ketones (excluding diaryl/α,β-unsaturated/α-hetero) is 1. The monoisotopic (exact) mass is 411 g/mol. The Kier molecular flexibility index (Phi) is 6.51. The molecule has 8 heteroatoms. The molecule has 1 unspecified atom stereocenters. The first-order chi connectivity index (χ1) is 11.5. The number of alkyl carbamates (subject to hydrolysis) is 1. The summed E-state index contributed by atoms with van der Waals surface area (Å²) in [6, 6.07) is 9.34. The number of carbonyl (C=O) groups excluding carboxylic acids is 2. The second-order valence-electron chi connectivity index (χ2n) is 4.82. The third kappa shape index (κ3) is 5.17. The van der Waals surface area contributed by atoms with Crippen molar-refractivity contribution in [2.45, 2.75) is 19.1 Å². The number of halogens is 1. The predicted molar refractivity (Wildman–Crippen MR) is 92.2 cm³/mol. The molecule has 0 bridgehead atoms. The maximum Gasteiger partial charge on any atom is 0.408 e. The molecule has 0 spiro atoms. The van der Waals surface area contributed by atoms with Gasteiger partial charge in [-0.05, 0) is 32.9 Å². The minimum absolute atomic E-state index is 0.0173. The molecule has 0 aliphatic carbocycles. The van der Waals surface area contributed by atoms with Crippen molar-refractivity contribution in [3.8, 4) is 0 Å². The first-order valence-corrected chi connectivity index (χ1v) is 8.61. The Hall–Kier alpha value is -2.19. The number of hydrogen-bond acceptors (Lipinski definition) is 5. The quantitative estimate of drug-likeness (QED) is 0.680. The molecule has 0 radical (unpaired) electrons. The van der Waals surface area contributed by atoms with Crippen LogP contribution in [0.25, 0.3) is 0 Å². The molecular weight excluding hydrogens is 398 g/mol. The minimum atomic E-state index is -1.35. The van der Waals surface area contributed by atoms with Gasteiger partial charge in [-0.1, -0.05) is 30.3 Å². The van der Waals surface area contributed by atoms with Crippen molar-refractivity contribution in [2.75, 3.05) is 0 Å². The van der Waals surface area contributed by atoms with Gasteiger partial charge in [0.25, 0.3) is 0 Å². The zero-order chi connectivity index (χ0) is 17.5. The highest BCUT2D eigenvalue weighted by molar-refractivity contribution is 9.10. The number of carboxylic acids is 1. The van der Waals surface area contributed by atoms with Crippen LogP contribution in [0.4, 0.5) is 4.79 Å².